The van der Waals surface area contributed by atoms with E-state index >= 15 is 0 Å². The van der Waals surface area contributed by atoms with E-state index in [0.717, 1.165) is 16.7 Å². The Balaban J connectivity index is 0.000000148. The second-order valence-electron chi connectivity index (χ2n) is 14.3. The summed E-state index contributed by atoms with van der Waals surface area (Å²) in [6.45, 7) is -0.409. The maximum atomic E-state index is 12.8. The van der Waals surface area contributed by atoms with Crippen LogP contribution in [0.3, 0.4) is 0 Å². The predicted octanol–water partition coefficient (Wildman–Crippen LogP) is 7.61. The summed E-state index contributed by atoms with van der Waals surface area (Å²) in [7, 11) is 5.99. The number of ether oxygens (including phenoxy) is 4. The van der Waals surface area contributed by atoms with Crippen molar-refractivity contribution >= 4 is 62.0 Å². The van der Waals surface area contributed by atoms with Crippen molar-refractivity contribution in [2.24, 2.45) is 0 Å². The Kier molecular flexibility index (Phi) is 14.0. The standard InChI is InChI=1S/C18H16N2O4.C17H14N2O4.C15H12N2O2/c1-23-13-8-9-14-15(10-13)20(11-16(21)24-2)19-17(14)18(22)12-6-4-3-5-7-12;1-23-12-7-8-13-14(9-12)19(10-15(20)21)18-16(13)17(22)11-5-3-2-4-6-11;1-19-11-7-8-12-13(9-11)16-17-14(12)15(18)10-5-3-2-4-6-10/h3-10H,11H2,1-2H3;2-9H,10H2,1H3,(H,20,21);2-9H,1H3,(H,16,17). The molecule has 16 heteroatoms. The topological polar surface area (TPSA) is 207 Å². The van der Waals surface area contributed by atoms with Crippen molar-refractivity contribution in [2.45, 2.75) is 13.1 Å². The maximum absolute atomic E-state index is 12.8. The van der Waals surface area contributed by atoms with Gasteiger partial charge >= 0.3 is 11.9 Å². The summed E-state index contributed by atoms with van der Waals surface area (Å²) in [5, 5.41) is 26.6. The lowest BCUT2D eigenvalue weighted by molar-refractivity contribution is -0.141. The first-order chi connectivity index (χ1) is 32.0. The molecular weight excluding hydrogens is 845 g/mol. The smallest absolute Gasteiger partial charge is 0.327 e. The molecule has 9 rings (SSSR count). The lowest BCUT2D eigenvalue weighted by Crippen LogP contribution is -2.13. The number of carboxylic acids is 1. The molecule has 0 radical (unpaired) electrons. The second-order valence-corrected chi connectivity index (χ2v) is 14.3. The van der Waals surface area contributed by atoms with Crippen LogP contribution in [0.2, 0.25) is 0 Å². The number of carbonyl (C=O) groups is 5. The van der Waals surface area contributed by atoms with Crippen molar-refractivity contribution in [3.63, 3.8) is 0 Å². The highest BCUT2D eigenvalue weighted by Gasteiger charge is 2.22. The van der Waals surface area contributed by atoms with Crippen LogP contribution in [0.1, 0.15) is 48.2 Å². The van der Waals surface area contributed by atoms with Crippen LogP contribution in [0.25, 0.3) is 32.7 Å². The van der Waals surface area contributed by atoms with E-state index in [2.05, 4.69) is 20.4 Å². The van der Waals surface area contributed by atoms with Crippen molar-refractivity contribution in [3.05, 3.63) is 179 Å². The minimum absolute atomic E-state index is 0.0811. The monoisotopic (exact) mass is 886 g/mol. The van der Waals surface area contributed by atoms with Crippen LogP contribution in [-0.2, 0) is 27.4 Å². The average molecular weight is 887 g/mol. The molecule has 0 saturated heterocycles. The van der Waals surface area contributed by atoms with Crippen LogP contribution in [0.15, 0.2) is 146 Å². The van der Waals surface area contributed by atoms with E-state index in [9.17, 15) is 24.0 Å². The number of H-pyrrole nitrogens is 1. The Morgan fingerprint density at radius 2 is 0.894 bits per heavy atom. The fourth-order valence-corrected chi connectivity index (χ4v) is 6.93. The SMILES string of the molecule is COC(=O)Cn1nc(C(=O)c2ccccc2)c2ccc(OC)cc21.COc1ccc2c(C(=O)c3ccccc3)n[nH]c2c1.COc1ccc2c(C(=O)c3ccccc3)nn(CC(=O)O)c2c1. The van der Waals surface area contributed by atoms with Crippen molar-refractivity contribution in [2.75, 3.05) is 28.4 Å². The van der Waals surface area contributed by atoms with Crippen LogP contribution in [0, 0.1) is 0 Å². The summed E-state index contributed by atoms with van der Waals surface area (Å²) >= 11 is 0. The predicted molar refractivity (Wildman–Crippen MR) is 244 cm³/mol. The van der Waals surface area contributed by atoms with Crippen molar-refractivity contribution in [1.29, 1.82) is 0 Å². The molecule has 3 heterocycles. The quantitative estimate of drug-likeness (QED) is 0.0846. The zero-order valence-corrected chi connectivity index (χ0v) is 36.1. The molecule has 0 saturated carbocycles. The molecule has 2 N–H and O–H groups in total. The van der Waals surface area contributed by atoms with E-state index in [1.165, 1.54) is 23.6 Å². The Morgan fingerprint density at radius 3 is 1.30 bits per heavy atom. The third kappa shape index (κ3) is 9.97. The highest BCUT2D eigenvalue weighted by Crippen LogP contribution is 2.28. The molecule has 0 spiro atoms. The number of carbonyl (C=O) groups excluding carboxylic acids is 4. The number of rotatable bonds is 13. The first-order valence-corrected chi connectivity index (χ1v) is 20.2. The lowest BCUT2D eigenvalue weighted by atomic mass is 10.1. The first-order valence-electron chi connectivity index (χ1n) is 20.2. The third-order valence-corrected chi connectivity index (χ3v) is 10.2. The number of benzene rings is 6. The average Bonchev–Trinajstić information content (AvgIpc) is 4.07. The molecule has 0 aliphatic rings. The van der Waals surface area contributed by atoms with Crippen molar-refractivity contribution in [1.82, 2.24) is 29.8 Å². The molecular formula is C50H42N6O10. The Hall–Kier alpha value is -8.92. The Labute approximate surface area is 376 Å². The molecule has 332 valence electrons. The molecule has 6 aromatic carbocycles. The lowest BCUT2D eigenvalue weighted by Gasteiger charge is -2.03. The van der Waals surface area contributed by atoms with Gasteiger partial charge in [0, 0.05) is 51.0 Å². The summed E-state index contributed by atoms with van der Waals surface area (Å²) in [6, 6.07) is 42.7. The van der Waals surface area contributed by atoms with Gasteiger partial charge in [0.1, 0.15) is 47.4 Å². The maximum Gasteiger partial charge on any atom is 0.327 e. The number of esters is 1. The van der Waals surface area contributed by atoms with Crippen LogP contribution in [0.5, 0.6) is 17.2 Å². The molecule has 0 aliphatic heterocycles. The number of aliphatic carboxylic acids is 1. The van der Waals surface area contributed by atoms with Gasteiger partial charge in [-0.15, -0.1) is 0 Å². The largest absolute Gasteiger partial charge is 0.497 e. The summed E-state index contributed by atoms with van der Waals surface area (Å²) < 4.78 is 23.0. The van der Waals surface area contributed by atoms with E-state index < -0.39 is 11.9 Å². The number of hydrogen-bond donors (Lipinski definition) is 2. The molecule has 66 heavy (non-hydrogen) atoms. The molecule has 0 fully saturated rings. The minimum Gasteiger partial charge on any atom is -0.497 e. The van der Waals surface area contributed by atoms with Gasteiger partial charge in [0.05, 0.1) is 45.0 Å². The number of methoxy groups -OCH3 is 4. The number of hydrogen-bond acceptors (Lipinski definition) is 12. The van der Waals surface area contributed by atoms with E-state index in [1.807, 2.05) is 48.5 Å². The summed E-state index contributed by atoms with van der Waals surface area (Å²) in [5.74, 6) is -0.0852. The van der Waals surface area contributed by atoms with Gasteiger partial charge in [-0.3, -0.25) is 38.4 Å². The highest BCUT2D eigenvalue weighted by molar-refractivity contribution is 6.16. The molecule has 16 nitrogen and oxygen atoms in total. The van der Waals surface area contributed by atoms with Gasteiger partial charge < -0.3 is 24.1 Å². The fraction of sp³-hybridized carbons (Fsp3) is 0.120. The molecule has 0 atom stereocenters. The summed E-state index contributed by atoms with van der Waals surface area (Å²) in [4.78, 5) is 60.4. The number of nitrogens with zero attached hydrogens (tertiary/aromatic N) is 5. The number of nitrogens with one attached hydrogen (secondary N) is 1. The van der Waals surface area contributed by atoms with Gasteiger partial charge in [-0.2, -0.15) is 15.3 Å². The number of ketones is 3. The van der Waals surface area contributed by atoms with E-state index in [0.29, 0.717) is 61.4 Å². The van der Waals surface area contributed by atoms with E-state index in [-0.39, 0.29) is 36.1 Å². The van der Waals surface area contributed by atoms with Gasteiger partial charge in [-0.1, -0.05) is 91.0 Å². The normalized spacial score (nSPS) is 10.6. The van der Waals surface area contributed by atoms with Crippen LogP contribution in [-0.4, -0.2) is 92.6 Å². The number of aromatic nitrogens is 6. The second kappa shape index (κ2) is 20.5. The van der Waals surface area contributed by atoms with Gasteiger partial charge in [0.25, 0.3) is 0 Å². The van der Waals surface area contributed by atoms with E-state index in [4.69, 9.17) is 24.1 Å². The zero-order chi connectivity index (χ0) is 46.7. The molecule has 9 aromatic rings. The molecule has 0 unspecified atom stereocenters. The molecule has 0 aliphatic carbocycles. The molecule has 0 amide bonds. The van der Waals surface area contributed by atoms with Crippen molar-refractivity contribution in [3.8, 4) is 17.2 Å². The zero-order valence-electron chi connectivity index (χ0n) is 36.1. The third-order valence-electron chi connectivity index (χ3n) is 10.2. The first kappa shape index (κ1) is 45.1. The van der Waals surface area contributed by atoms with Gasteiger partial charge in [0.2, 0.25) is 17.3 Å². The van der Waals surface area contributed by atoms with Gasteiger partial charge in [-0.05, 0) is 36.4 Å². The highest BCUT2D eigenvalue weighted by atomic mass is 16.5. The number of fused-ring (bicyclic) bond motifs is 3. The number of carboxylic acid groups (broad SMARTS) is 1. The minimum atomic E-state index is -1.03. The fourth-order valence-electron chi connectivity index (χ4n) is 6.93. The Bertz CT molecular complexity index is 3200. The van der Waals surface area contributed by atoms with Crippen LogP contribution in [0.4, 0.5) is 0 Å². The summed E-state index contributed by atoms with van der Waals surface area (Å²) in [5.41, 5.74) is 4.61. The number of aromatic amines is 1. The van der Waals surface area contributed by atoms with Gasteiger partial charge in [-0.25, -0.2) is 0 Å². The molecule has 3 aromatic heterocycles. The van der Waals surface area contributed by atoms with Crippen LogP contribution >= 0.6 is 0 Å². The van der Waals surface area contributed by atoms with E-state index in [1.54, 1.807) is 111 Å². The van der Waals surface area contributed by atoms with Crippen molar-refractivity contribution < 1.29 is 48.0 Å². The Morgan fingerprint density at radius 1 is 0.500 bits per heavy atom. The van der Waals surface area contributed by atoms with Gasteiger partial charge in [0.15, 0.2) is 0 Å². The summed E-state index contributed by atoms with van der Waals surface area (Å²) in [6.07, 6.45) is 0. The molecule has 0 bridgehead atoms. The van der Waals surface area contributed by atoms with Crippen LogP contribution < -0.4 is 14.2 Å².